The summed E-state index contributed by atoms with van der Waals surface area (Å²) >= 11 is 0. The highest BCUT2D eigenvalue weighted by Gasteiger charge is 2.13. The van der Waals surface area contributed by atoms with Gasteiger partial charge in [-0.05, 0) is 6.92 Å². The summed E-state index contributed by atoms with van der Waals surface area (Å²) in [5.74, 6) is 0.475. The molecule has 0 amide bonds. The molecular formula is C7H10N4O2. The Balaban J connectivity index is 3.13. The van der Waals surface area contributed by atoms with Crippen LogP contribution < -0.4 is 4.90 Å². The predicted octanol–water partition coefficient (Wildman–Crippen LogP) is 0.759. The fourth-order valence-corrected chi connectivity index (χ4v) is 0.843. The molecule has 0 aliphatic rings. The summed E-state index contributed by atoms with van der Waals surface area (Å²) in [6, 6.07) is 0. The summed E-state index contributed by atoms with van der Waals surface area (Å²) in [5, 5.41) is 10.4. The van der Waals surface area contributed by atoms with Crippen molar-refractivity contribution in [2.75, 3.05) is 19.0 Å². The number of nitro groups is 1. The molecule has 0 spiro atoms. The van der Waals surface area contributed by atoms with Crippen LogP contribution in [-0.4, -0.2) is 29.0 Å². The molecule has 0 bridgehead atoms. The minimum absolute atomic E-state index is 0.0504. The second-order valence-electron chi connectivity index (χ2n) is 2.79. The van der Waals surface area contributed by atoms with E-state index >= 15 is 0 Å². The van der Waals surface area contributed by atoms with Crippen molar-refractivity contribution in [1.82, 2.24) is 9.97 Å². The second-order valence-corrected chi connectivity index (χ2v) is 2.79. The third-order valence-corrected chi connectivity index (χ3v) is 1.54. The molecular weight excluding hydrogens is 172 g/mol. The van der Waals surface area contributed by atoms with Gasteiger partial charge in [-0.2, -0.15) is 0 Å². The molecule has 0 aliphatic heterocycles. The van der Waals surface area contributed by atoms with Crippen molar-refractivity contribution in [3.8, 4) is 0 Å². The Morgan fingerprint density at radius 1 is 1.54 bits per heavy atom. The Morgan fingerprint density at radius 2 is 2.15 bits per heavy atom. The highest BCUT2D eigenvalue weighted by Crippen LogP contribution is 2.15. The van der Waals surface area contributed by atoms with E-state index in [1.165, 1.54) is 6.20 Å². The topological polar surface area (TPSA) is 72.2 Å². The van der Waals surface area contributed by atoms with E-state index in [0.29, 0.717) is 11.6 Å². The zero-order valence-corrected chi connectivity index (χ0v) is 7.68. The molecule has 0 aromatic carbocycles. The van der Waals surface area contributed by atoms with E-state index in [4.69, 9.17) is 0 Å². The average molecular weight is 182 g/mol. The lowest BCUT2D eigenvalue weighted by Crippen LogP contribution is -2.13. The van der Waals surface area contributed by atoms with E-state index in [2.05, 4.69) is 9.97 Å². The molecule has 1 aromatic heterocycles. The van der Waals surface area contributed by atoms with Crippen molar-refractivity contribution >= 4 is 11.6 Å². The van der Waals surface area contributed by atoms with Crippen LogP contribution in [0.25, 0.3) is 0 Å². The number of hydrogen-bond donors (Lipinski definition) is 0. The maximum absolute atomic E-state index is 10.4. The number of rotatable bonds is 2. The number of nitrogens with zero attached hydrogens (tertiary/aromatic N) is 4. The van der Waals surface area contributed by atoms with E-state index < -0.39 is 4.92 Å². The first-order valence-corrected chi connectivity index (χ1v) is 3.67. The van der Waals surface area contributed by atoms with Gasteiger partial charge in [-0.1, -0.05) is 0 Å². The van der Waals surface area contributed by atoms with Gasteiger partial charge in [0.05, 0.1) is 4.92 Å². The van der Waals surface area contributed by atoms with Crippen LogP contribution in [0.3, 0.4) is 0 Å². The summed E-state index contributed by atoms with van der Waals surface area (Å²) < 4.78 is 0. The van der Waals surface area contributed by atoms with Crippen molar-refractivity contribution in [2.45, 2.75) is 6.92 Å². The third kappa shape index (κ3) is 1.90. The average Bonchev–Trinajstić information content (AvgIpc) is 2.03. The first-order chi connectivity index (χ1) is 6.02. The van der Waals surface area contributed by atoms with Crippen LogP contribution in [-0.2, 0) is 0 Å². The molecule has 0 atom stereocenters. The summed E-state index contributed by atoms with van der Waals surface area (Å²) in [7, 11) is 3.56. The molecule has 0 fully saturated rings. The standard InChI is InChI=1S/C7H10N4O2/c1-5-6(11(12)13)4-8-7(9-5)10(2)3/h4H,1-3H3. The third-order valence-electron chi connectivity index (χ3n) is 1.54. The number of aromatic nitrogens is 2. The van der Waals surface area contributed by atoms with Crippen molar-refractivity contribution < 1.29 is 4.92 Å². The van der Waals surface area contributed by atoms with Crippen LogP contribution in [0, 0.1) is 17.0 Å². The van der Waals surface area contributed by atoms with Gasteiger partial charge in [-0.15, -0.1) is 0 Å². The Labute approximate surface area is 75.4 Å². The summed E-state index contributed by atoms with van der Waals surface area (Å²) in [6.07, 6.45) is 1.22. The molecule has 0 saturated carbocycles. The molecule has 6 nitrogen and oxygen atoms in total. The zero-order valence-electron chi connectivity index (χ0n) is 7.68. The Kier molecular flexibility index (Phi) is 2.41. The maximum Gasteiger partial charge on any atom is 0.308 e. The van der Waals surface area contributed by atoms with E-state index in [1.807, 2.05) is 0 Å². The van der Waals surface area contributed by atoms with Crippen molar-refractivity contribution in [1.29, 1.82) is 0 Å². The minimum Gasteiger partial charge on any atom is -0.347 e. The molecule has 0 aliphatic carbocycles. The Hall–Kier alpha value is -1.72. The van der Waals surface area contributed by atoms with Gasteiger partial charge in [-0.3, -0.25) is 10.1 Å². The zero-order chi connectivity index (χ0) is 10.0. The van der Waals surface area contributed by atoms with Crippen molar-refractivity contribution in [3.05, 3.63) is 22.0 Å². The van der Waals surface area contributed by atoms with E-state index in [0.717, 1.165) is 0 Å². The lowest BCUT2D eigenvalue weighted by atomic mass is 10.4. The number of aryl methyl sites for hydroxylation is 1. The molecule has 70 valence electrons. The Morgan fingerprint density at radius 3 is 2.54 bits per heavy atom. The molecule has 0 radical (unpaired) electrons. The first kappa shape index (κ1) is 9.37. The van der Waals surface area contributed by atoms with Crippen molar-refractivity contribution in [2.24, 2.45) is 0 Å². The van der Waals surface area contributed by atoms with Gasteiger partial charge in [0.25, 0.3) is 0 Å². The SMILES string of the molecule is Cc1nc(N(C)C)ncc1[N+](=O)[O-]. The van der Waals surface area contributed by atoms with Gasteiger partial charge in [0.2, 0.25) is 5.95 Å². The largest absolute Gasteiger partial charge is 0.347 e. The lowest BCUT2D eigenvalue weighted by molar-refractivity contribution is -0.386. The van der Waals surface area contributed by atoms with Gasteiger partial charge in [0.1, 0.15) is 11.9 Å². The molecule has 1 heterocycles. The van der Waals surface area contributed by atoms with Gasteiger partial charge < -0.3 is 4.90 Å². The molecule has 13 heavy (non-hydrogen) atoms. The summed E-state index contributed by atoms with van der Waals surface area (Å²) in [6.45, 7) is 1.59. The van der Waals surface area contributed by atoms with Crippen LogP contribution in [0.5, 0.6) is 0 Å². The molecule has 1 rings (SSSR count). The van der Waals surface area contributed by atoms with Gasteiger partial charge in [-0.25, -0.2) is 9.97 Å². The maximum atomic E-state index is 10.4. The van der Waals surface area contributed by atoms with Crippen LogP contribution >= 0.6 is 0 Å². The van der Waals surface area contributed by atoms with Gasteiger partial charge in [0.15, 0.2) is 0 Å². The van der Waals surface area contributed by atoms with Crippen molar-refractivity contribution in [3.63, 3.8) is 0 Å². The number of hydrogen-bond acceptors (Lipinski definition) is 5. The van der Waals surface area contributed by atoms with E-state index in [-0.39, 0.29) is 5.69 Å². The quantitative estimate of drug-likeness (QED) is 0.498. The summed E-state index contributed by atoms with van der Waals surface area (Å²) in [4.78, 5) is 19.4. The van der Waals surface area contributed by atoms with Crippen LogP contribution in [0.4, 0.5) is 11.6 Å². The summed E-state index contributed by atoms with van der Waals surface area (Å²) in [5.41, 5.74) is 0.328. The predicted molar refractivity (Wildman–Crippen MR) is 47.8 cm³/mol. The first-order valence-electron chi connectivity index (χ1n) is 3.67. The molecule has 0 N–H and O–H groups in total. The normalized spacial score (nSPS) is 9.77. The molecule has 1 aromatic rings. The molecule has 0 unspecified atom stereocenters. The number of anilines is 1. The van der Waals surface area contributed by atoms with Crippen LogP contribution in [0.15, 0.2) is 6.20 Å². The monoisotopic (exact) mass is 182 g/mol. The highest BCUT2D eigenvalue weighted by molar-refractivity contribution is 5.38. The lowest BCUT2D eigenvalue weighted by Gasteiger charge is -2.09. The fraction of sp³-hybridized carbons (Fsp3) is 0.429. The highest BCUT2D eigenvalue weighted by atomic mass is 16.6. The van der Waals surface area contributed by atoms with Gasteiger partial charge >= 0.3 is 5.69 Å². The smallest absolute Gasteiger partial charge is 0.308 e. The molecule has 0 saturated heterocycles. The van der Waals surface area contributed by atoms with E-state index in [1.54, 1.807) is 25.9 Å². The second kappa shape index (κ2) is 3.34. The van der Waals surface area contributed by atoms with Gasteiger partial charge in [0, 0.05) is 14.1 Å². The van der Waals surface area contributed by atoms with E-state index in [9.17, 15) is 10.1 Å². The van der Waals surface area contributed by atoms with Crippen LogP contribution in [0.1, 0.15) is 5.69 Å². The van der Waals surface area contributed by atoms with Crippen LogP contribution in [0.2, 0.25) is 0 Å². The minimum atomic E-state index is -0.491. The fourth-order valence-electron chi connectivity index (χ4n) is 0.843. The Bertz CT molecular complexity index is 337. The molecule has 6 heteroatoms.